The average molecular weight is 401 g/mol. The van der Waals surface area contributed by atoms with E-state index in [1.165, 1.54) is 45.0 Å². The van der Waals surface area contributed by atoms with Crippen molar-refractivity contribution in [2.45, 2.75) is 41.5 Å². The molecule has 0 fully saturated rings. The van der Waals surface area contributed by atoms with E-state index in [-0.39, 0.29) is 12.4 Å². The predicted octanol–water partition coefficient (Wildman–Crippen LogP) is 1.63. The van der Waals surface area contributed by atoms with Gasteiger partial charge in [0.05, 0.1) is 14.2 Å². The Labute approximate surface area is 174 Å². The summed E-state index contributed by atoms with van der Waals surface area (Å²) in [7, 11) is 3.42. The van der Waals surface area contributed by atoms with Crippen LogP contribution < -0.4 is 26.4 Å². The Morgan fingerprint density at radius 2 is 1.14 bits per heavy atom. The Kier molecular flexibility index (Phi) is 6.45. The first-order chi connectivity index (χ1) is 12.8. The van der Waals surface area contributed by atoms with E-state index >= 15 is 0 Å². The minimum atomic E-state index is 0. The van der Waals surface area contributed by atoms with Gasteiger partial charge >= 0.3 is 0 Å². The third-order valence-corrected chi connectivity index (χ3v) is 5.36. The lowest BCUT2D eigenvalue weighted by atomic mass is 10.1. The van der Waals surface area contributed by atoms with E-state index in [9.17, 15) is 0 Å². The molecule has 0 aliphatic rings. The molecule has 0 aliphatic carbocycles. The molecule has 3 rings (SSSR count). The molecular weight excluding hydrogens is 372 g/mol. The highest BCUT2D eigenvalue weighted by atomic mass is 35.5. The minimum absolute atomic E-state index is 0. The van der Waals surface area contributed by atoms with Gasteiger partial charge in [-0.3, -0.25) is 0 Å². The lowest BCUT2D eigenvalue weighted by molar-refractivity contribution is -0.602. The summed E-state index contributed by atoms with van der Waals surface area (Å²) in [5.74, 6) is 1.79. The Hall–Kier alpha value is -2.46. The number of rotatable bonds is 4. The second-order valence-electron chi connectivity index (χ2n) is 7.25. The predicted molar refractivity (Wildman–Crippen MR) is 109 cm³/mol. The maximum atomic E-state index is 5.42. The van der Waals surface area contributed by atoms with Crippen LogP contribution in [0.15, 0.2) is 30.6 Å². The van der Waals surface area contributed by atoms with Crippen molar-refractivity contribution in [3.8, 4) is 22.9 Å². The molecule has 0 N–H and O–H groups in total. The van der Waals surface area contributed by atoms with Crippen LogP contribution in [0.4, 0.5) is 0 Å². The summed E-state index contributed by atoms with van der Waals surface area (Å²) in [6.45, 7) is 12.9. The first kappa shape index (κ1) is 21.8. The van der Waals surface area contributed by atoms with Gasteiger partial charge in [-0.1, -0.05) is 0 Å². The number of halogens is 1. The van der Waals surface area contributed by atoms with Crippen molar-refractivity contribution in [3.05, 3.63) is 64.2 Å². The standard InChI is InChI=1S/C23H29N2O2.ClH/c1-14-9-20(26-7)10-15(2)22(14)24-13-25(19(6)18(24)5)23-16(3)11-21(27-8)12-17(23)4;/h9-13H,1-8H3;1H/q+1;/p-1. The lowest BCUT2D eigenvalue weighted by Gasteiger charge is -2.10. The first-order valence-electron chi connectivity index (χ1n) is 9.19. The van der Waals surface area contributed by atoms with Gasteiger partial charge in [-0.05, 0) is 52.0 Å². The minimum Gasteiger partial charge on any atom is -1.00 e. The molecule has 1 heterocycles. The summed E-state index contributed by atoms with van der Waals surface area (Å²) in [5, 5.41) is 0. The zero-order valence-electron chi connectivity index (χ0n) is 18.0. The van der Waals surface area contributed by atoms with Crippen LogP contribution in [-0.2, 0) is 0 Å². The second kappa shape index (κ2) is 8.27. The number of methoxy groups -OCH3 is 2. The molecule has 0 spiro atoms. The van der Waals surface area contributed by atoms with Gasteiger partial charge in [0.15, 0.2) is 0 Å². The van der Waals surface area contributed by atoms with E-state index in [0.717, 1.165) is 11.5 Å². The quantitative estimate of drug-likeness (QED) is 0.622. The number of imidazole rings is 1. The molecule has 3 aromatic rings. The topological polar surface area (TPSA) is 27.3 Å². The van der Waals surface area contributed by atoms with Crippen LogP contribution in [0.25, 0.3) is 11.4 Å². The third kappa shape index (κ3) is 3.61. The Morgan fingerprint density at radius 3 is 1.57 bits per heavy atom. The van der Waals surface area contributed by atoms with Gasteiger partial charge < -0.3 is 21.9 Å². The molecule has 4 nitrogen and oxygen atoms in total. The van der Waals surface area contributed by atoms with E-state index < -0.39 is 0 Å². The Bertz CT molecular complexity index is 896. The molecule has 5 heteroatoms. The number of hydrogen-bond donors (Lipinski definition) is 0. The molecule has 0 saturated carbocycles. The molecule has 1 aromatic heterocycles. The first-order valence-corrected chi connectivity index (χ1v) is 9.19. The number of hydrogen-bond acceptors (Lipinski definition) is 2. The van der Waals surface area contributed by atoms with Crippen molar-refractivity contribution < 1.29 is 26.4 Å². The van der Waals surface area contributed by atoms with E-state index in [2.05, 4.69) is 81.3 Å². The van der Waals surface area contributed by atoms with Crippen LogP contribution in [0.5, 0.6) is 11.5 Å². The van der Waals surface area contributed by atoms with E-state index in [1.54, 1.807) is 14.2 Å². The zero-order chi connectivity index (χ0) is 19.9. The molecule has 2 aromatic carbocycles. The highest BCUT2D eigenvalue weighted by molar-refractivity contribution is 5.53. The molecule has 0 radical (unpaired) electrons. The summed E-state index contributed by atoms with van der Waals surface area (Å²) in [6, 6.07) is 8.35. The van der Waals surface area contributed by atoms with Crippen molar-refractivity contribution in [1.82, 2.24) is 4.57 Å². The van der Waals surface area contributed by atoms with Crippen LogP contribution >= 0.6 is 0 Å². The maximum absolute atomic E-state index is 5.42. The Balaban J connectivity index is 0.00000280. The van der Waals surface area contributed by atoms with Crippen LogP contribution in [0.1, 0.15) is 33.6 Å². The number of benzene rings is 2. The number of nitrogens with zero attached hydrogens (tertiary/aromatic N) is 2. The van der Waals surface area contributed by atoms with Crippen LogP contribution in [0.3, 0.4) is 0 Å². The SMILES string of the molecule is COc1cc(C)c(-n2c[n+](-c3c(C)cc(OC)cc3C)c(C)c2C)c(C)c1.[Cl-]. The largest absolute Gasteiger partial charge is 1.00 e. The van der Waals surface area contributed by atoms with E-state index in [0.29, 0.717) is 0 Å². The molecule has 0 unspecified atom stereocenters. The van der Waals surface area contributed by atoms with Gasteiger partial charge in [0.1, 0.15) is 34.3 Å². The molecule has 0 atom stereocenters. The summed E-state index contributed by atoms with van der Waals surface area (Å²) >= 11 is 0. The van der Waals surface area contributed by atoms with Crippen molar-refractivity contribution in [2.24, 2.45) is 0 Å². The fourth-order valence-electron chi connectivity index (χ4n) is 3.92. The summed E-state index contributed by atoms with van der Waals surface area (Å²) in [4.78, 5) is 0. The van der Waals surface area contributed by atoms with Gasteiger partial charge in [-0.2, -0.15) is 9.13 Å². The van der Waals surface area contributed by atoms with E-state index in [4.69, 9.17) is 9.47 Å². The molecule has 0 amide bonds. The van der Waals surface area contributed by atoms with E-state index in [1.807, 2.05) is 0 Å². The molecule has 28 heavy (non-hydrogen) atoms. The van der Waals surface area contributed by atoms with Crippen LogP contribution in [0.2, 0.25) is 0 Å². The fraction of sp³-hybridized carbons (Fsp3) is 0.348. The van der Waals surface area contributed by atoms with Crippen molar-refractivity contribution >= 4 is 0 Å². The highest BCUT2D eigenvalue weighted by Crippen LogP contribution is 2.28. The average Bonchev–Trinajstić information content (AvgIpc) is 2.89. The van der Waals surface area contributed by atoms with Gasteiger partial charge in [0.2, 0.25) is 0 Å². The van der Waals surface area contributed by atoms with Crippen molar-refractivity contribution in [1.29, 1.82) is 0 Å². The summed E-state index contributed by atoms with van der Waals surface area (Å²) in [6.07, 6.45) is 2.19. The number of aryl methyl sites for hydroxylation is 4. The molecule has 0 bridgehead atoms. The monoisotopic (exact) mass is 400 g/mol. The third-order valence-electron chi connectivity index (χ3n) is 5.36. The number of aromatic nitrogens is 2. The Morgan fingerprint density at radius 1 is 0.714 bits per heavy atom. The molecule has 150 valence electrons. The highest BCUT2D eigenvalue weighted by Gasteiger charge is 2.24. The second-order valence-corrected chi connectivity index (χ2v) is 7.25. The molecular formula is C23H29ClN2O2. The van der Waals surface area contributed by atoms with Crippen LogP contribution in [0, 0.1) is 41.5 Å². The van der Waals surface area contributed by atoms with Gasteiger partial charge in [-0.25, -0.2) is 0 Å². The molecule has 0 saturated heterocycles. The lowest BCUT2D eigenvalue weighted by Crippen LogP contribution is -3.00. The summed E-state index contributed by atoms with van der Waals surface area (Å²) in [5.41, 5.74) is 9.64. The molecule has 0 aliphatic heterocycles. The zero-order valence-corrected chi connectivity index (χ0v) is 18.7. The normalized spacial score (nSPS) is 10.6. The fourth-order valence-corrected chi connectivity index (χ4v) is 3.92. The maximum Gasteiger partial charge on any atom is 0.254 e. The number of ether oxygens (including phenoxy) is 2. The van der Waals surface area contributed by atoms with Crippen molar-refractivity contribution in [3.63, 3.8) is 0 Å². The van der Waals surface area contributed by atoms with Crippen molar-refractivity contribution in [2.75, 3.05) is 14.2 Å². The van der Waals surface area contributed by atoms with Gasteiger partial charge in [0, 0.05) is 36.1 Å². The summed E-state index contributed by atoms with van der Waals surface area (Å²) < 4.78 is 15.4. The van der Waals surface area contributed by atoms with Gasteiger partial charge in [-0.15, -0.1) is 0 Å². The smallest absolute Gasteiger partial charge is 0.254 e. The van der Waals surface area contributed by atoms with Gasteiger partial charge in [0.25, 0.3) is 6.33 Å². The van der Waals surface area contributed by atoms with Crippen LogP contribution in [-0.4, -0.2) is 18.8 Å².